The minimum atomic E-state index is -3.65. The van der Waals surface area contributed by atoms with E-state index in [1.165, 1.54) is 56.6 Å². The molecule has 0 atom stereocenters. The molecule has 1 aliphatic heterocycles. The van der Waals surface area contributed by atoms with Crippen molar-refractivity contribution in [2.75, 3.05) is 19.4 Å². The van der Waals surface area contributed by atoms with Crippen LogP contribution < -0.4 is 16.0 Å². The van der Waals surface area contributed by atoms with Crippen LogP contribution >= 0.6 is 12.2 Å². The van der Waals surface area contributed by atoms with E-state index in [4.69, 9.17) is 12.2 Å². The van der Waals surface area contributed by atoms with E-state index in [9.17, 15) is 27.6 Å². The molecule has 160 valence electrons. The highest BCUT2D eigenvalue weighted by Gasteiger charge is 2.30. The predicted molar refractivity (Wildman–Crippen MR) is 114 cm³/mol. The number of nitrogens with one attached hydrogen (secondary N) is 3. The van der Waals surface area contributed by atoms with Crippen molar-refractivity contribution in [3.8, 4) is 0 Å². The average molecular weight is 460 g/mol. The Labute approximate surface area is 182 Å². The van der Waals surface area contributed by atoms with Gasteiger partial charge in [0.2, 0.25) is 10.0 Å². The minimum absolute atomic E-state index is 0.000117. The van der Waals surface area contributed by atoms with Gasteiger partial charge in [0.1, 0.15) is 0 Å². The lowest BCUT2D eigenvalue weighted by molar-refractivity contribution is -0.110. The first-order chi connectivity index (χ1) is 14.5. The van der Waals surface area contributed by atoms with Crippen LogP contribution in [0.5, 0.6) is 0 Å². The van der Waals surface area contributed by atoms with E-state index in [-0.39, 0.29) is 27.3 Å². The zero-order valence-corrected chi connectivity index (χ0v) is 17.9. The second-order valence-electron chi connectivity index (χ2n) is 6.56. The molecule has 0 saturated carbocycles. The molecule has 10 nitrogen and oxygen atoms in total. The topological polar surface area (TPSA) is 142 Å². The average Bonchev–Trinajstić information content (AvgIpc) is 3.02. The third kappa shape index (κ3) is 4.35. The van der Waals surface area contributed by atoms with Gasteiger partial charge in [0.25, 0.3) is 23.6 Å². The number of hydrogen-bond acceptors (Lipinski definition) is 7. The normalized spacial score (nSPS) is 12.9. The van der Waals surface area contributed by atoms with Crippen LogP contribution in [0.2, 0.25) is 0 Å². The maximum absolute atomic E-state index is 12.4. The third-order valence-electron chi connectivity index (χ3n) is 4.34. The van der Waals surface area contributed by atoms with Crippen molar-refractivity contribution in [2.24, 2.45) is 0 Å². The summed E-state index contributed by atoms with van der Waals surface area (Å²) in [4.78, 5) is 47.9. The third-order valence-corrected chi connectivity index (χ3v) is 6.46. The quantitative estimate of drug-likeness (QED) is 0.446. The molecule has 0 saturated heterocycles. The van der Waals surface area contributed by atoms with Gasteiger partial charge in [-0.3, -0.25) is 24.5 Å². The fourth-order valence-electron chi connectivity index (χ4n) is 2.72. The number of anilines is 1. The monoisotopic (exact) mass is 460 g/mol. The van der Waals surface area contributed by atoms with Gasteiger partial charge in [0.05, 0.1) is 21.7 Å². The van der Waals surface area contributed by atoms with Crippen molar-refractivity contribution >= 4 is 56.5 Å². The van der Waals surface area contributed by atoms with Gasteiger partial charge < -0.3 is 10.6 Å². The molecule has 3 N–H and O–H groups in total. The highest BCUT2D eigenvalue weighted by Crippen LogP contribution is 2.24. The fraction of sp³-hybridized carbons (Fsp3) is 0.105. The lowest BCUT2D eigenvalue weighted by atomic mass is 10.1. The Morgan fingerprint density at radius 3 is 2.26 bits per heavy atom. The molecule has 0 radical (unpaired) electrons. The number of thiocarbonyl (C=S) groups is 1. The van der Waals surface area contributed by atoms with Crippen LogP contribution in [0.25, 0.3) is 0 Å². The highest BCUT2D eigenvalue weighted by atomic mass is 32.2. The van der Waals surface area contributed by atoms with Crippen molar-refractivity contribution in [2.45, 2.75) is 4.90 Å². The Hall–Kier alpha value is -3.48. The zero-order valence-electron chi connectivity index (χ0n) is 16.3. The molecule has 2 aromatic carbocycles. The Balaban J connectivity index is 1.70. The molecule has 2 aromatic rings. The molecule has 0 aromatic heterocycles. The van der Waals surface area contributed by atoms with Crippen LogP contribution in [-0.2, 0) is 14.8 Å². The number of imide groups is 1. The summed E-state index contributed by atoms with van der Waals surface area (Å²) in [6, 6.07) is 9.43. The van der Waals surface area contributed by atoms with Crippen molar-refractivity contribution in [1.29, 1.82) is 0 Å². The number of benzene rings is 2. The summed E-state index contributed by atoms with van der Waals surface area (Å²) in [5, 5.41) is 6.76. The van der Waals surface area contributed by atoms with Crippen molar-refractivity contribution in [3.63, 3.8) is 0 Å². The molecule has 12 heteroatoms. The molecule has 0 aliphatic carbocycles. The van der Waals surface area contributed by atoms with E-state index in [1.807, 2.05) is 0 Å². The Bertz CT molecular complexity index is 1240. The van der Waals surface area contributed by atoms with Crippen LogP contribution in [0.1, 0.15) is 31.1 Å². The van der Waals surface area contributed by atoms with E-state index >= 15 is 0 Å². The van der Waals surface area contributed by atoms with Crippen LogP contribution in [-0.4, -0.2) is 55.4 Å². The Morgan fingerprint density at radius 2 is 1.65 bits per heavy atom. The molecule has 0 fully saturated rings. The molecule has 0 unspecified atom stereocenters. The maximum atomic E-state index is 12.4. The summed E-state index contributed by atoms with van der Waals surface area (Å²) in [7, 11) is -0.882. The van der Waals surface area contributed by atoms with Gasteiger partial charge >= 0.3 is 0 Å². The largest absolute Gasteiger partial charge is 0.319 e. The van der Waals surface area contributed by atoms with Gasteiger partial charge in [-0.25, -0.2) is 12.7 Å². The van der Waals surface area contributed by atoms with E-state index in [2.05, 4.69) is 16.0 Å². The van der Waals surface area contributed by atoms with Crippen molar-refractivity contribution < 1.29 is 27.6 Å². The number of fused-ring (bicyclic) bond motifs is 1. The lowest BCUT2D eigenvalue weighted by Gasteiger charge is -2.12. The predicted octanol–water partition coefficient (Wildman–Crippen LogP) is 0.516. The summed E-state index contributed by atoms with van der Waals surface area (Å²) in [5.41, 5.74) is 0.275. The summed E-state index contributed by atoms with van der Waals surface area (Å²) in [6.45, 7) is 0. The smallest absolute Gasteiger partial charge is 0.283 e. The minimum Gasteiger partial charge on any atom is -0.319 e. The van der Waals surface area contributed by atoms with Crippen LogP contribution in [0, 0.1) is 0 Å². The summed E-state index contributed by atoms with van der Waals surface area (Å²) >= 11 is 4.94. The second kappa shape index (κ2) is 8.34. The molecule has 0 bridgehead atoms. The van der Waals surface area contributed by atoms with Gasteiger partial charge in [-0.2, -0.15) is 0 Å². The number of carbonyl (C=O) groups excluding carboxylic acids is 4. The molecular weight excluding hydrogens is 444 g/mol. The number of amides is 4. The number of carbonyl (C=O) groups is 4. The van der Waals surface area contributed by atoms with Crippen LogP contribution in [0.4, 0.5) is 5.69 Å². The van der Waals surface area contributed by atoms with Gasteiger partial charge in [0.15, 0.2) is 4.99 Å². The Kier molecular flexibility index (Phi) is 5.97. The van der Waals surface area contributed by atoms with E-state index in [1.54, 1.807) is 0 Å². The van der Waals surface area contributed by atoms with Gasteiger partial charge in [-0.15, -0.1) is 0 Å². The first-order valence-electron chi connectivity index (χ1n) is 8.70. The van der Waals surface area contributed by atoms with Crippen LogP contribution in [0.15, 0.2) is 47.4 Å². The number of rotatable bonds is 4. The summed E-state index contributed by atoms with van der Waals surface area (Å²) in [6.07, 6.45) is 0. The summed E-state index contributed by atoms with van der Waals surface area (Å²) < 4.78 is 25.2. The van der Waals surface area contributed by atoms with E-state index < -0.39 is 38.6 Å². The van der Waals surface area contributed by atoms with Gasteiger partial charge in [0, 0.05) is 19.7 Å². The number of nitrogens with zero attached hydrogens (tertiary/aromatic N) is 1. The van der Waals surface area contributed by atoms with Crippen LogP contribution in [0.3, 0.4) is 0 Å². The molecule has 3 rings (SSSR count). The first kappa shape index (κ1) is 22.2. The van der Waals surface area contributed by atoms with Crippen molar-refractivity contribution in [1.82, 2.24) is 14.9 Å². The first-order valence-corrected chi connectivity index (χ1v) is 10.5. The molecule has 31 heavy (non-hydrogen) atoms. The Morgan fingerprint density at radius 1 is 1.00 bits per heavy atom. The second-order valence-corrected chi connectivity index (χ2v) is 9.12. The molecular formula is C19H16N4O6S2. The molecule has 4 amide bonds. The molecule has 0 spiro atoms. The van der Waals surface area contributed by atoms with Crippen molar-refractivity contribution in [3.05, 3.63) is 59.2 Å². The zero-order chi connectivity index (χ0) is 22.9. The van der Waals surface area contributed by atoms with Gasteiger partial charge in [-0.05, 0) is 36.4 Å². The highest BCUT2D eigenvalue weighted by molar-refractivity contribution is 7.89. The van der Waals surface area contributed by atoms with E-state index in [0.29, 0.717) is 0 Å². The number of sulfonamides is 1. The van der Waals surface area contributed by atoms with E-state index in [0.717, 1.165) is 4.31 Å². The SMILES string of the molecule is CN(C)S(=O)(=O)c1ccc(C(=O)NC(=S)C(=O)Nc2cccc3c2C(=O)NC3=O)cc1. The standard InChI is InChI=1S/C19H16N4O6S2/c1-23(2)31(28,29)11-8-6-10(7-9-11)15(24)22-19(30)18(27)20-13-5-3-4-12-14(13)17(26)21-16(12)25/h3-9H,1-2H3,(H,20,27)(H,21,25,26)(H,22,24,30). The number of hydrogen-bond donors (Lipinski definition) is 3. The molecule has 1 heterocycles. The lowest BCUT2D eigenvalue weighted by Crippen LogP contribution is -2.38. The van der Waals surface area contributed by atoms with Gasteiger partial charge in [-0.1, -0.05) is 18.3 Å². The summed E-state index contributed by atoms with van der Waals surface area (Å²) in [5.74, 6) is -2.82. The molecule has 1 aliphatic rings. The maximum Gasteiger partial charge on any atom is 0.283 e. The fourth-order valence-corrected chi connectivity index (χ4v) is 3.77.